The van der Waals surface area contributed by atoms with Gasteiger partial charge >= 0.3 is 0 Å². The summed E-state index contributed by atoms with van der Waals surface area (Å²) in [4.78, 5) is 16.4. The van der Waals surface area contributed by atoms with Crippen molar-refractivity contribution in [2.45, 2.75) is 46.3 Å². The number of aliphatic imine (C=N–C) groups is 1. The molecule has 29 heavy (non-hydrogen) atoms. The molecule has 2 aromatic rings. The third kappa shape index (κ3) is 7.60. The molecule has 0 saturated carbocycles. The third-order valence-electron chi connectivity index (χ3n) is 4.38. The number of para-hydroxylation sites is 1. The summed E-state index contributed by atoms with van der Waals surface area (Å²) < 4.78 is 21.1. The lowest BCUT2D eigenvalue weighted by Gasteiger charge is -2.15. The Morgan fingerprint density at radius 3 is 2.69 bits per heavy atom. The highest BCUT2D eigenvalue weighted by Crippen LogP contribution is 2.16. The molecule has 6 nitrogen and oxygen atoms in total. The second-order valence-electron chi connectivity index (χ2n) is 6.87. The largest absolute Gasteiger partial charge is 0.486 e. The van der Waals surface area contributed by atoms with E-state index in [2.05, 4.69) is 15.6 Å². The molecule has 1 heterocycles. The van der Waals surface area contributed by atoms with Gasteiger partial charge in [0.2, 0.25) is 0 Å². The summed E-state index contributed by atoms with van der Waals surface area (Å²) in [5, 5.41) is 6.48. The van der Waals surface area contributed by atoms with Crippen molar-refractivity contribution in [2.75, 3.05) is 19.6 Å². The quantitative estimate of drug-likeness (QED) is 0.364. The van der Waals surface area contributed by atoms with Gasteiger partial charge in [-0.05, 0) is 51.8 Å². The molecule has 1 aromatic carbocycles. The van der Waals surface area contributed by atoms with Crippen LogP contribution in [0.4, 0.5) is 4.39 Å². The Morgan fingerprint density at radius 1 is 1.17 bits per heavy atom. The van der Waals surface area contributed by atoms with Gasteiger partial charge in [-0.3, -0.25) is 4.79 Å². The minimum atomic E-state index is -0.374. The predicted molar refractivity (Wildman–Crippen MR) is 115 cm³/mol. The highest BCUT2D eigenvalue weighted by Gasteiger charge is 2.08. The number of aromatic nitrogens is 1. The van der Waals surface area contributed by atoms with E-state index in [1.54, 1.807) is 34.9 Å². The van der Waals surface area contributed by atoms with Gasteiger partial charge in [0.1, 0.15) is 6.10 Å². The Kier molecular flexibility index (Phi) is 9.21. The highest BCUT2D eigenvalue weighted by atomic mass is 19.1. The number of nitrogens with one attached hydrogen (secondary N) is 2. The lowest BCUT2D eigenvalue weighted by molar-refractivity contribution is 0.220. The van der Waals surface area contributed by atoms with Crippen LogP contribution in [0.25, 0.3) is 0 Å². The van der Waals surface area contributed by atoms with Crippen molar-refractivity contribution in [1.82, 2.24) is 15.2 Å². The molecule has 0 spiro atoms. The number of pyridine rings is 1. The van der Waals surface area contributed by atoms with Crippen LogP contribution in [0, 0.1) is 12.7 Å². The molecule has 1 atom stereocenters. The summed E-state index contributed by atoms with van der Waals surface area (Å²) in [6.45, 7) is 8.40. The summed E-state index contributed by atoms with van der Waals surface area (Å²) in [7, 11) is 0. The molecule has 0 aliphatic heterocycles. The normalized spacial score (nSPS) is 12.5. The van der Waals surface area contributed by atoms with E-state index in [0.717, 1.165) is 31.6 Å². The first-order valence-electron chi connectivity index (χ1n) is 10.1. The standard InChI is InChI=1S/C22H31FN4O2/c1-4-24-22(26-16-18(3)29-20-12-6-5-11-19(20)23)25-14-7-8-15-27-17(2)10-9-13-21(27)28/h5-6,9-13,18H,4,7-8,14-16H2,1-3H3,(H2,24,25,26). The second kappa shape index (κ2) is 11.9. The van der Waals surface area contributed by atoms with Crippen molar-refractivity contribution >= 4 is 5.96 Å². The van der Waals surface area contributed by atoms with Crippen LogP contribution in [-0.2, 0) is 6.54 Å². The number of guanidine groups is 1. The van der Waals surface area contributed by atoms with E-state index in [9.17, 15) is 9.18 Å². The molecule has 1 unspecified atom stereocenters. The maximum atomic E-state index is 13.7. The number of rotatable bonds is 10. The molecule has 0 aliphatic carbocycles. The molecule has 0 aliphatic rings. The highest BCUT2D eigenvalue weighted by molar-refractivity contribution is 5.79. The van der Waals surface area contributed by atoms with E-state index >= 15 is 0 Å². The van der Waals surface area contributed by atoms with Gasteiger partial charge in [0.05, 0.1) is 6.54 Å². The monoisotopic (exact) mass is 402 g/mol. The number of nitrogens with zero attached hydrogens (tertiary/aromatic N) is 2. The zero-order chi connectivity index (χ0) is 21.1. The van der Waals surface area contributed by atoms with Gasteiger partial charge in [0, 0.05) is 31.4 Å². The minimum Gasteiger partial charge on any atom is -0.486 e. The minimum absolute atomic E-state index is 0.0386. The van der Waals surface area contributed by atoms with E-state index in [-0.39, 0.29) is 23.2 Å². The Morgan fingerprint density at radius 2 is 1.97 bits per heavy atom. The van der Waals surface area contributed by atoms with Crippen LogP contribution >= 0.6 is 0 Å². The predicted octanol–water partition coefficient (Wildman–Crippen LogP) is 3.10. The maximum absolute atomic E-state index is 13.7. The number of unbranched alkanes of at least 4 members (excludes halogenated alkanes) is 1. The van der Waals surface area contributed by atoms with Crippen molar-refractivity contribution in [3.63, 3.8) is 0 Å². The fourth-order valence-electron chi connectivity index (χ4n) is 2.87. The van der Waals surface area contributed by atoms with E-state index in [1.807, 2.05) is 26.8 Å². The summed E-state index contributed by atoms with van der Waals surface area (Å²) >= 11 is 0. The Hall–Kier alpha value is -2.83. The molecule has 2 rings (SSSR count). The summed E-state index contributed by atoms with van der Waals surface area (Å²) in [6, 6.07) is 11.7. The van der Waals surface area contributed by atoms with E-state index in [0.29, 0.717) is 19.0 Å². The summed E-state index contributed by atoms with van der Waals surface area (Å²) in [5.41, 5.74) is 1.01. The van der Waals surface area contributed by atoms with Gasteiger partial charge in [-0.2, -0.15) is 0 Å². The van der Waals surface area contributed by atoms with E-state index < -0.39 is 0 Å². The molecule has 2 N–H and O–H groups in total. The fraction of sp³-hybridized carbons (Fsp3) is 0.455. The number of aryl methyl sites for hydroxylation is 1. The first-order valence-corrected chi connectivity index (χ1v) is 10.1. The zero-order valence-corrected chi connectivity index (χ0v) is 17.5. The van der Waals surface area contributed by atoms with Crippen LogP contribution in [0.3, 0.4) is 0 Å². The van der Waals surface area contributed by atoms with Gasteiger partial charge < -0.3 is 19.9 Å². The van der Waals surface area contributed by atoms with Gasteiger partial charge in [-0.1, -0.05) is 18.2 Å². The van der Waals surface area contributed by atoms with Gasteiger partial charge in [0.25, 0.3) is 5.56 Å². The molecule has 0 amide bonds. The van der Waals surface area contributed by atoms with E-state index in [4.69, 9.17) is 4.74 Å². The lowest BCUT2D eigenvalue weighted by Crippen LogP contribution is -2.38. The molecule has 0 saturated heterocycles. The topological polar surface area (TPSA) is 67.7 Å². The molecule has 0 bridgehead atoms. The smallest absolute Gasteiger partial charge is 0.250 e. The van der Waals surface area contributed by atoms with Crippen LogP contribution in [-0.4, -0.2) is 36.3 Å². The first-order chi connectivity index (χ1) is 14.0. The van der Waals surface area contributed by atoms with Crippen LogP contribution in [0.5, 0.6) is 5.75 Å². The van der Waals surface area contributed by atoms with Crippen LogP contribution in [0.1, 0.15) is 32.4 Å². The third-order valence-corrected chi connectivity index (χ3v) is 4.38. The number of ether oxygens (including phenoxy) is 1. The van der Waals surface area contributed by atoms with Crippen molar-refractivity contribution in [1.29, 1.82) is 0 Å². The second-order valence-corrected chi connectivity index (χ2v) is 6.87. The number of hydrogen-bond acceptors (Lipinski definition) is 3. The maximum Gasteiger partial charge on any atom is 0.250 e. The molecule has 0 radical (unpaired) electrons. The Bertz CT molecular complexity index is 851. The van der Waals surface area contributed by atoms with Crippen molar-refractivity contribution < 1.29 is 9.13 Å². The van der Waals surface area contributed by atoms with Crippen LogP contribution in [0.2, 0.25) is 0 Å². The van der Waals surface area contributed by atoms with Crippen molar-refractivity contribution in [3.8, 4) is 5.75 Å². The van der Waals surface area contributed by atoms with Crippen molar-refractivity contribution in [2.24, 2.45) is 4.99 Å². The average molecular weight is 403 g/mol. The Balaban J connectivity index is 1.77. The molecule has 0 fully saturated rings. The summed E-state index contributed by atoms with van der Waals surface area (Å²) in [6.07, 6.45) is 1.55. The number of benzene rings is 1. The SMILES string of the molecule is CCNC(=NCC(C)Oc1ccccc1F)NCCCCn1c(C)cccc1=O. The molecule has 7 heteroatoms. The van der Waals surface area contributed by atoms with E-state index in [1.165, 1.54) is 6.07 Å². The van der Waals surface area contributed by atoms with Gasteiger partial charge in [-0.15, -0.1) is 0 Å². The summed E-state index contributed by atoms with van der Waals surface area (Å²) in [5.74, 6) is 0.560. The molecule has 1 aromatic heterocycles. The number of halogens is 1. The zero-order valence-electron chi connectivity index (χ0n) is 17.5. The Labute approximate surface area is 171 Å². The average Bonchev–Trinajstić information content (AvgIpc) is 2.69. The molecule has 158 valence electrons. The van der Waals surface area contributed by atoms with Gasteiger partial charge in [-0.25, -0.2) is 9.38 Å². The van der Waals surface area contributed by atoms with Crippen LogP contribution in [0.15, 0.2) is 52.3 Å². The fourth-order valence-corrected chi connectivity index (χ4v) is 2.87. The van der Waals surface area contributed by atoms with Crippen molar-refractivity contribution in [3.05, 3.63) is 64.3 Å². The lowest BCUT2D eigenvalue weighted by atomic mass is 10.3. The molecular weight excluding hydrogens is 371 g/mol. The number of hydrogen-bond donors (Lipinski definition) is 2. The van der Waals surface area contributed by atoms with Gasteiger partial charge in [0.15, 0.2) is 17.5 Å². The van der Waals surface area contributed by atoms with Crippen LogP contribution < -0.4 is 20.9 Å². The first kappa shape index (κ1) is 22.5. The molecular formula is C22H31FN4O2.